The van der Waals surface area contributed by atoms with Crippen molar-refractivity contribution in [3.05, 3.63) is 0 Å². The monoisotopic (exact) mass is 213 g/mol. The van der Waals surface area contributed by atoms with Crippen LogP contribution in [0, 0.1) is 5.92 Å². The topological polar surface area (TPSA) is 12.5 Å². The van der Waals surface area contributed by atoms with Crippen molar-refractivity contribution in [2.75, 3.05) is 13.2 Å². The van der Waals surface area contributed by atoms with Crippen molar-refractivity contribution >= 4 is 0 Å². The van der Waals surface area contributed by atoms with Gasteiger partial charge >= 0.3 is 0 Å². The third-order valence-electron chi connectivity index (χ3n) is 3.54. The summed E-state index contributed by atoms with van der Waals surface area (Å²) in [5, 5.41) is 2.25. The highest BCUT2D eigenvalue weighted by atomic mass is 16.7. The molecule has 0 bridgehead atoms. The minimum atomic E-state index is 0.681. The van der Waals surface area contributed by atoms with Crippen LogP contribution >= 0.6 is 0 Å². The van der Waals surface area contributed by atoms with Crippen molar-refractivity contribution in [1.29, 1.82) is 0 Å². The summed E-state index contributed by atoms with van der Waals surface area (Å²) >= 11 is 0. The Kier molecular flexibility index (Phi) is 6.26. The Morgan fingerprint density at radius 1 is 1.13 bits per heavy atom. The third kappa shape index (κ3) is 3.76. The van der Waals surface area contributed by atoms with Crippen molar-refractivity contribution < 1.29 is 4.84 Å². The molecule has 0 aromatic heterocycles. The molecule has 0 aromatic rings. The van der Waals surface area contributed by atoms with Gasteiger partial charge in [-0.15, -0.1) is 0 Å². The van der Waals surface area contributed by atoms with Gasteiger partial charge in [0.2, 0.25) is 0 Å². The maximum atomic E-state index is 5.85. The summed E-state index contributed by atoms with van der Waals surface area (Å²) in [6.45, 7) is 8.60. The smallest absolute Gasteiger partial charge is 0.0682 e. The predicted octanol–water partition coefficient (Wildman–Crippen LogP) is 3.62. The maximum absolute atomic E-state index is 5.85. The zero-order valence-electron chi connectivity index (χ0n) is 10.7. The van der Waals surface area contributed by atoms with Crippen LogP contribution in [0.5, 0.6) is 0 Å². The highest BCUT2D eigenvalue weighted by Crippen LogP contribution is 2.30. The van der Waals surface area contributed by atoms with E-state index in [0.29, 0.717) is 6.04 Å². The van der Waals surface area contributed by atoms with Gasteiger partial charge in [-0.05, 0) is 25.2 Å². The molecule has 0 aliphatic heterocycles. The van der Waals surface area contributed by atoms with Gasteiger partial charge in [-0.3, -0.25) is 4.84 Å². The average Bonchev–Trinajstić information content (AvgIpc) is 2.30. The Balaban J connectivity index is 2.47. The van der Waals surface area contributed by atoms with Gasteiger partial charge in [-0.1, -0.05) is 40.0 Å². The van der Waals surface area contributed by atoms with Crippen molar-refractivity contribution in [3.8, 4) is 0 Å². The van der Waals surface area contributed by atoms with Crippen LogP contribution in [0.3, 0.4) is 0 Å². The molecule has 0 saturated heterocycles. The molecule has 0 heterocycles. The normalized spacial score (nSPS) is 27.2. The second-order valence-electron chi connectivity index (χ2n) is 4.59. The molecule has 2 nitrogen and oxygen atoms in total. The maximum Gasteiger partial charge on any atom is 0.0682 e. The first kappa shape index (κ1) is 13.0. The molecule has 2 heteroatoms. The molecule has 1 rings (SSSR count). The second-order valence-corrected chi connectivity index (χ2v) is 4.59. The first-order valence-corrected chi connectivity index (χ1v) is 6.73. The molecule has 0 radical (unpaired) electrons. The van der Waals surface area contributed by atoms with Crippen LogP contribution in [0.2, 0.25) is 0 Å². The van der Waals surface area contributed by atoms with Gasteiger partial charge in [0, 0.05) is 12.6 Å². The van der Waals surface area contributed by atoms with Crippen LogP contribution in [0.15, 0.2) is 0 Å². The lowest BCUT2D eigenvalue weighted by Gasteiger charge is -2.38. The van der Waals surface area contributed by atoms with Gasteiger partial charge in [-0.25, -0.2) is 0 Å². The van der Waals surface area contributed by atoms with E-state index in [9.17, 15) is 0 Å². The van der Waals surface area contributed by atoms with E-state index >= 15 is 0 Å². The molecular weight excluding hydrogens is 186 g/mol. The van der Waals surface area contributed by atoms with Gasteiger partial charge in [-0.2, -0.15) is 5.06 Å². The Morgan fingerprint density at radius 3 is 2.47 bits per heavy atom. The van der Waals surface area contributed by atoms with E-state index in [2.05, 4.69) is 25.8 Å². The summed E-state index contributed by atoms with van der Waals surface area (Å²) in [6, 6.07) is 0.681. The molecule has 2 atom stereocenters. The van der Waals surface area contributed by atoms with Gasteiger partial charge in [0.15, 0.2) is 0 Å². The lowest BCUT2D eigenvalue weighted by atomic mass is 9.82. The van der Waals surface area contributed by atoms with E-state index in [1.54, 1.807) is 0 Å². The fraction of sp³-hybridized carbons (Fsp3) is 1.00. The van der Waals surface area contributed by atoms with E-state index in [1.165, 1.54) is 32.1 Å². The number of rotatable bonds is 6. The molecule has 0 N–H and O–H groups in total. The lowest BCUT2D eigenvalue weighted by Crippen LogP contribution is -2.42. The first-order chi connectivity index (χ1) is 7.33. The molecule has 2 unspecified atom stereocenters. The molecular formula is C13H27NO. The molecule has 0 aromatic carbocycles. The van der Waals surface area contributed by atoms with Crippen molar-refractivity contribution in [2.24, 2.45) is 5.92 Å². The van der Waals surface area contributed by atoms with Crippen molar-refractivity contribution in [1.82, 2.24) is 5.06 Å². The first-order valence-electron chi connectivity index (χ1n) is 6.73. The predicted molar refractivity (Wildman–Crippen MR) is 64.7 cm³/mol. The van der Waals surface area contributed by atoms with E-state index < -0.39 is 0 Å². The third-order valence-corrected chi connectivity index (χ3v) is 3.54. The lowest BCUT2D eigenvalue weighted by molar-refractivity contribution is -0.200. The van der Waals surface area contributed by atoms with Gasteiger partial charge in [0.1, 0.15) is 0 Å². The van der Waals surface area contributed by atoms with E-state index in [-0.39, 0.29) is 0 Å². The summed E-state index contributed by atoms with van der Waals surface area (Å²) < 4.78 is 0. The quantitative estimate of drug-likeness (QED) is 0.625. The Morgan fingerprint density at radius 2 is 1.87 bits per heavy atom. The van der Waals surface area contributed by atoms with Crippen molar-refractivity contribution in [2.45, 2.75) is 65.3 Å². The van der Waals surface area contributed by atoms with Gasteiger partial charge in [0.05, 0.1) is 6.61 Å². The van der Waals surface area contributed by atoms with Crippen LogP contribution in [0.1, 0.15) is 59.3 Å². The Bertz CT molecular complexity index is 161. The van der Waals surface area contributed by atoms with Crippen molar-refractivity contribution in [3.63, 3.8) is 0 Å². The van der Waals surface area contributed by atoms with Crippen LogP contribution in [0.25, 0.3) is 0 Å². The number of hydrogen-bond acceptors (Lipinski definition) is 2. The Hall–Kier alpha value is -0.0800. The molecule has 0 amide bonds. The fourth-order valence-electron chi connectivity index (χ4n) is 2.67. The zero-order chi connectivity index (χ0) is 11.1. The van der Waals surface area contributed by atoms with E-state index in [1.807, 2.05) is 0 Å². The standard InChI is InChI=1S/C13H27NO/c1-4-11-15-14(6-3)13-10-8-7-9-12(13)5-2/h12-13H,4-11H2,1-3H3. The molecule has 15 heavy (non-hydrogen) atoms. The number of hydrogen-bond donors (Lipinski definition) is 0. The minimum Gasteiger partial charge on any atom is -0.299 e. The van der Waals surface area contributed by atoms with E-state index in [0.717, 1.165) is 25.5 Å². The molecule has 1 saturated carbocycles. The van der Waals surface area contributed by atoms with Gasteiger partial charge < -0.3 is 0 Å². The number of hydroxylamine groups is 2. The summed E-state index contributed by atoms with van der Waals surface area (Å²) in [7, 11) is 0. The van der Waals surface area contributed by atoms with E-state index in [4.69, 9.17) is 4.84 Å². The largest absolute Gasteiger partial charge is 0.299 e. The average molecular weight is 213 g/mol. The second kappa shape index (κ2) is 7.24. The van der Waals surface area contributed by atoms with Crippen LogP contribution in [-0.4, -0.2) is 24.3 Å². The van der Waals surface area contributed by atoms with Crippen LogP contribution in [0.4, 0.5) is 0 Å². The molecule has 90 valence electrons. The minimum absolute atomic E-state index is 0.681. The number of nitrogens with zero attached hydrogens (tertiary/aromatic N) is 1. The molecule has 1 aliphatic carbocycles. The van der Waals surface area contributed by atoms with Gasteiger partial charge in [0.25, 0.3) is 0 Å². The molecule has 0 spiro atoms. The highest BCUT2D eigenvalue weighted by Gasteiger charge is 2.28. The van der Waals surface area contributed by atoms with Crippen LogP contribution in [-0.2, 0) is 4.84 Å². The highest BCUT2D eigenvalue weighted by molar-refractivity contribution is 4.79. The summed E-state index contributed by atoms with van der Waals surface area (Å²) in [6.07, 6.45) is 7.94. The fourth-order valence-corrected chi connectivity index (χ4v) is 2.67. The Labute approximate surface area is 94.9 Å². The summed E-state index contributed by atoms with van der Waals surface area (Å²) in [5.41, 5.74) is 0. The zero-order valence-corrected chi connectivity index (χ0v) is 10.7. The molecule has 1 fully saturated rings. The summed E-state index contributed by atoms with van der Waals surface area (Å²) in [5.74, 6) is 0.857. The summed E-state index contributed by atoms with van der Waals surface area (Å²) in [4.78, 5) is 5.85. The van der Waals surface area contributed by atoms with Crippen LogP contribution < -0.4 is 0 Å². The molecule has 1 aliphatic rings. The SMILES string of the molecule is CCCON(CC)C1CCCCC1CC.